The Balaban J connectivity index is 1.58. The molecule has 27 heavy (non-hydrogen) atoms. The maximum atomic E-state index is 12.7. The third-order valence-corrected chi connectivity index (χ3v) is 5.17. The number of nitrogens with one attached hydrogen (secondary N) is 1. The molecule has 9 heteroatoms. The zero-order valence-electron chi connectivity index (χ0n) is 15.9. The predicted octanol–water partition coefficient (Wildman–Crippen LogP) is 1.46. The molecule has 0 aromatic carbocycles. The van der Waals surface area contributed by atoms with Gasteiger partial charge in [-0.3, -0.25) is 14.3 Å². The van der Waals surface area contributed by atoms with E-state index in [1.165, 1.54) is 4.68 Å². The highest BCUT2D eigenvalue weighted by atomic mass is 16.6. The average Bonchev–Trinajstić information content (AvgIpc) is 3.32. The first-order valence-corrected chi connectivity index (χ1v) is 9.55. The molecule has 1 saturated carbocycles. The summed E-state index contributed by atoms with van der Waals surface area (Å²) in [6, 6.07) is 1.62. The van der Waals surface area contributed by atoms with E-state index in [1.54, 1.807) is 29.8 Å². The first-order valence-electron chi connectivity index (χ1n) is 9.55. The molecule has 0 bridgehead atoms. The molecule has 3 rings (SSSR count). The van der Waals surface area contributed by atoms with Crippen LogP contribution in [0.1, 0.15) is 43.1 Å². The Hall–Kier alpha value is -2.58. The highest BCUT2D eigenvalue weighted by molar-refractivity contribution is 5.96. The molecule has 2 heterocycles. The van der Waals surface area contributed by atoms with Crippen molar-refractivity contribution in [1.82, 2.24) is 19.6 Å². The normalized spacial score (nSPS) is 17.9. The molecular weight excluding hydrogens is 350 g/mol. The van der Waals surface area contributed by atoms with Gasteiger partial charge in [-0.15, -0.1) is 0 Å². The molecule has 148 valence electrons. The first-order chi connectivity index (χ1) is 13.0. The van der Waals surface area contributed by atoms with E-state index in [2.05, 4.69) is 10.4 Å². The van der Waals surface area contributed by atoms with Crippen LogP contribution in [0.15, 0.2) is 6.07 Å². The maximum absolute atomic E-state index is 12.7. The van der Waals surface area contributed by atoms with Crippen molar-refractivity contribution in [1.29, 1.82) is 0 Å². The van der Waals surface area contributed by atoms with E-state index in [0.29, 0.717) is 44.3 Å². The fourth-order valence-corrected chi connectivity index (χ4v) is 3.57. The number of carbonyl (C=O) groups excluding carboxylic acids is 3. The van der Waals surface area contributed by atoms with E-state index >= 15 is 0 Å². The molecule has 0 unspecified atom stereocenters. The second kappa shape index (κ2) is 8.41. The number of carbonyl (C=O) groups is 3. The van der Waals surface area contributed by atoms with Crippen LogP contribution in [-0.4, -0.2) is 70.3 Å². The van der Waals surface area contributed by atoms with Crippen LogP contribution in [0.25, 0.3) is 0 Å². The van der Waals surface area contributed by atoms with E-state index in [0.717, 1.165) is 25.7 Å². The minimum Gasteiger partial charge on any atom is -0.450 e. The van der Waals surface area contributed by atoms with E-state index in [-0.39, 0.29) is 23.8 Å². The van der Waals surface area contributed by atoms with Crippen molar-refractivity contribution in [3.63, 3.8) is 0 Å². The van der Waals surface area contributed by atoms with Crippen molar-refractivity contribution in [2.24, 2.45) is 13.0 Å². The highest BCUT2D eigenvalue weighted by Crippen LogP contribution is 2.26. The molecule has 1 aromatic rings. The van der Waals surface area contributed by atoms with Crippen molar-refractivity contribution in [3.8, 4) is 0 Å². The smallest absolute Gasteiger partial charge is 0.409 e. The SMILES string of the molecule is CCOC(=O)N1CCN(C(=O)c2cc(NC(=O)C3CCCC3)n(C)n2)CC1. The molecule has 1 aromatic heterocycles. The lowest BCUT2D eigenvalue weighted by atomic mass is 10.1. The van der Waals surface area contributed by atoms with Crippen molar-refractivity contribution < 1.29 is 19.1 Å². The molecule has 2 fully saturated rings. The van der Waals surface area contributed by atoms with Crippen LogP contribution in [0.4, 0.5) is 10.6 Å². The monoisotopic (exact) mass is 377 g/mol. The third kappa shape index (κ3) is 4.40. The summed E-state index contributed by atoms with van der Waals surface area (Å²) in [7, 11) is 1.71. The van der Waals surface area contributed by atoms with Gasteiger partial charge >= 0.3 is 6.09 Å². The zero-order valence-corrected chi connectivity index (χ0v) is 15.9. The number of amides is 3. The molecule has 0 spiro atoms. The fourth-order valence-electron chi connectivity index (χ4n) is 3.57. The summed E-state index contributed by atoms with van der Waals surface area (Å²) in [4.78, 5) is 40.0. The van der Waals surface area contributed by atoms with Crippen molar-refractivity contribution in [2.75, 3.05) is 38.1 Å². The number of aryl methyl sites for hydroxylation is 1. The number of ether oxygens (including phenoxy) is 1. The molecule has 3 amide bonds. The van der Waals surface area contributed by atoms with Gasteiger partial charge in [-0.2, -0.15) is 5.10 Å². The largest absolute Gasteiger partial charge is 0.450 e. The number of piperazine rings is 1. The minimum atomic E-state index is -0.348. The van der Waals surface area contributed by atoms with Gasteiger partial charge in [-0.1, -0.05) is 12.8 Å². The van der Waals surface area contributed by atoms with Gasteiger partial charge in [0.2, 0.25) is 5.91 Å². The molecule has 9 nitrogen and oxygen atoms in total. The standard InChI is InChI=1S/C18H27N5O4/c1-3-27-18(26)23-10-8-22(9-11-23)17(25)14-12-15(21(2)20-14)19-16(24)13-6-4-5-7-13/h12-13H,3-11H2,1-2H3,(H,19,24). The van der Waals surface area contributed by atoms with Crippen LogP contribution in [0.5, 0.6) is 0 Å². The lowest BCUT2D eigenvalue weighted by Crippen LogP contribution is -2.50. The number of hydrogen-bond acceptors (Lipinski definition) is 5. The summed E-state index contributed by atoms with van der Waals surface area (Å²) < 4.78 is 6.51. The van der Waals surface area contributed by atoms with Gasteiger partial charge in [0.1, 0.15) is 5.82 Å². The Morgan fingerprint density at radius 3 is 2.41 bits per heavy atom. The third-order valence-electron chi connectivity index (χ3n) is 5.17. The number of hydrogen-bond donors (Lipinski definition) is 1. The molecule has 1 aliphatic carbocycles. The topological polar surface area (TPSA) is 96.8 Å². The van der Waals surface area contributed by atoms with Crippen LogP contribution >= 0.6 is 0 Å². The Bertz CT molecular complexity index is 703. The van der Waals surface area contributed by atoms with E-state index in [9.17, 15) is 14.4 Å². The molecular formula is C18H27N5O4. The van der Waals surface area contributed by atoms with Crippen LogP contribution in [0.3, 0.4) is 0 Å². The summed E-state index contributed by atoms with van der Waals surface area (Å²) in [6.45, 7) is 3.82. The quantitative estimate of drug-likeness (QED) is 0.857. The maximum Gasteiger partial charge on any atom is 0.409 e. The summed E-state index contributed by atoms with van der Waals surface area (Å²) >= 11 is 0. The van der Waals surface area contributed by atoms with Gasteiger partial charge in [0.15, 0.2) is 5.69 Å². The van der Waals surface area contributed by atoms with E-state index in [1.807, 2.05) is 0 Å². The molecule has 2 aliphatic rings. The fraction of sp³-hybridized carbons (Fsp3) is 0.667. The lowest BCUT2D eigenvalue weighted by Gasteiger charge is -2.33. The van der Waals surface area contributed by atoms with Crippen LogP contribution in [0, 0.1) is 5.92 Å². The Morgan fingerprint density at radius 2 is 1.78 bits per heavy atom. The van der Waals surface area contributed by atoms with Crippen LogP contribution < -0.4 is 5.32 Å². The number of aromatic nitrogens is 2. The van der Waals surface area contributed by atoms with Crippen molar-refractivity contribution in [3.05, 3.63) is 11.8 Å². The predicted molar refractivity (Wildman–Crippen MR) is 98.3 cm³/mol. The van der Waals surface area contributed by atoms with Crippen molar-refractivity contribution >= 4 is 23.7 Å². The van der Waals surface area contributed by atoms with Crippen LogP contribution in [-0.2, 0) is 16.6 Å². The first kappa shape index (κ1) is 19.2. The summed E-state index contributed by atoms with van der Waals surface area (Å²) in [5.41, 5.74) is 0.295. The van der Waals surface area contributed by atoms with E-state index in [4.69, 9.17) is 4.74 Å². The minimum absolute atomic E-state index is 0.00227. The van der Waals surface area contributed by atoms with Gasteiger partial charge in [0.25, 0.3) is 5.91 Å². The second-order valence-corrected chi connectivity index (χ2v) is 6.99. The lowest BCUT2D eigenvalue weighted by molar-refractivity contribution is -0.119. The van der Waals surface area contributed by atoms with Gasteiger partial charge < -0.3 is 19.9 Å². The van der Waals surface area contributed by atoms with Crippen LogP contribution in [0.2, 0.25) is 0 Å². The second-order valence-electron chi connectivity index (χ2n) is 6.99. The Kier molecular flexibility index (Phi) is 5.98. The van der Waals surface area contributed by atoms with Crippen molar-refractivity contribution in [2.45, 2.75) is 32.6 Å². The summed E-state index contributed by atoms with van der Waals surface area (Å²) in [5, 5.41) is 7.14. The number of nitrogens with zero attached hydrogens (tertiary/aromatic N) is 4. The summed E-state index contributed by atoms with van der Waals surface area (Å²) in [6.07, 6.45) is 3.66. The molecule has 0 radical (unpaired) electrons. The Morgan fingerprint density at radius 1 is 1.15 bits per heavy atom. The molecule has 1 N–H and O–H groups in total. The highest BCUT2D eigenvalue weighted by Gasteiger charge is 2.28. The molecule has 1 aliphatic heterocycles. The Labute approximate surface area is 158 Å². The number of rotatable bonds is 4. The average molecular weight is 377 g/mol. The summed E-state index contributed by atoms with van der Waals surface area (Å²) in [5.74, 6) is 0.378. The van der Waals surface area contributed by atoms with Gasteiger partial charge in [0.05, 0.1) is 6.61 Å². The molecule has 0 atom stereocenters. The molecule has 1 saturated heterocycles. The van der Waals surface area contributed by atoms with E-state index < -0.39 is 0 Å². The van der Waals surface area contributed by atoms with Gasteiger partial charge in [-0.25, -0.2) is 4.79 Å². The van der Waals surface area contributed by atoms with Gasteiger partial charge in [-0.05, 0) is 19.8 Å². The number of anilines is 1. The zero-order chi connectivity index (χ0) is 19.4. The van der Waals surface area contributed by atoms with Gasteiger partial charge in [0, 0.05) is 45.2 Å².